The Kier molecular flexibility index (Phi) is 4.73. The number of amides is 1. The van der Waals surface area contributed by atoms with Crippen molar-refractivity contribution in [1.29, 1.82) is 0 Å². The number of thiazole rings is 1. The summed E-state index contributed by atoms with van der Waals surface area (Å²) in [5, 5.41) is 4.99. The van der Waals surface area contributed by atoms with Crippen molar-refractivity contribution in [2.24, 2.45) is 0 Å². The second-order valence-electron chi connectivity index (χ2n) is 4.69. The van der Waals surface area contributed by atoms with E-state index in [1.165, 1.54) is 43.0 Å². The van der Waals surface area contributed by atoms with E-state index in [2.05, 4.69) is 15.3 Å². The molecule has 3 rings (SSSR count). The topological polar surface area (TPSA) is 64.1 Å². The third-order valence-corrected chi connectivity index (χ3v) is 4.22. The van der Waals surface area contributed by atoms with E-state index in [0.29, 0.717) is 22.0 Å². The highest BCUT2D eigenvalue weighted by molar-refractivity contribution is 7.14. The van der Waals surface area contributed by atoms with Crippen LogP contribution in [0.4, 0.5) is 9.52 Å². The Labute approximate surface area is 146 Å². The maximum absolute atomic E-state index is 13.4. The maximum Gasteiger partial charge on any atom is 0.257 e. The van der Waals surface area contributed by atoms with Crippen molar-refractivity contribution in [3.8, 4) is 17.0 Å². The summed E-state index contributed by atoms with van der Waals surface area (Å²) >= 11 is 7.34. The molecule has 8 heteroatoms. The number of ether oxygens (including phenoxy) is 1. The number of rotatable bonds is 4. The van der Waals surface area contributed by atoms with E-state index in [9.17, 15) is 9.18 Å². The highest BCUT2D eigenvalue weighted by atomic mass is 35.5. The van der Waals surface area contributed by atoms with Crippen LogP contribution < -0.4 is 10.1 Å². The second-order valence-corrected chi connectivity index (χ2v) is 5.96. The van der Waals surface area contributed by atoms with Gasteiger partial charge in [0.2, 0.25) is 0 Å². The summed E-state index contributed by atoms with van der Waals surface area (Å²) < 4.78 is 18.6. The van der Waals surface area contributed by atoms with Crippen LogP contribution in [-0.4, -0.2) is 23.0 Å². The van der Waals surface area contributed by atoms with Crippen molar-refractivity contribution >= 4 is 34.0 Å². The molecule has 0 spiro atoms. The van der Waals surface area contributed by atoms with Crippen molar-refractivity contribution in [2.75, 3.05) is 12.4 Å². The molecule has 24 heavy (non-hydrogen) atoms. The molecule has 3 aromatic rings. The van der Waals surface area contributed by atoms with Gasteiger partial charge in [-0.3, -0.25) is 15.1 Å². The molecule has 0 saturated carbocycles. The van der Waals surface area contributed by atoms with Crippen molar-refractivity contribution in [3.05, 3.63) is 58.4 Å². The van der Waals surface area contributed by atoms with Crippen LogP contribution in [0.15, 0.2) is 42.0 Å². The van der Waals surface area contributed by atoms with Gasteiger partial charge in [-0.05, 0) is 18.2 Å². The second kappa shape index (κ2) is 6.94. The van der Waals surface area contributed by atoms with E-state index in [-0.39, 0.29) is 16.7 Å². The zero-order chi connectivity index (χ0) is 17.1. The first kappa shape index (κ1) is 16.4. The zero-order valence-corrected chi connectivity index (χ0v) is 14.0. The van der Waals surface area contributed by atoms with Gasteiger partial charge < -0.3 is 4.74 Å². The zero-order valence-electron chi connectivity index (χ0n) is 12.4. The highest BCUT2D eigenvalue weighted by Crippen LogP contribution is 2.38. The van der Waals surface area contributed by atoms with Crippen LogP contribution in [0.3, 0.4) is 0 Å². The van der Waals surface area contributed by atoms with Gasteiger partial charge in [-0.25, -0.2) is 9.37 Å². The van der Waals surface area contributed by atoms with Gasteiger partial charge in [0.25, 0.3) is 5.91 Å². The molecular weight excluding hydrogens is 353 g/mol. The van der Waals surface area contributed by atoms with E-state index in [1.807, 2.05) is 0 Å². The molecule has 0 fully saturated rings. The quantitative estimate of drug-likeness (QED) is 0.752. The standard InChI is InChI=1S/C16H11ClFN3O2S/c1-23-13-7-10(18)6-11(17)14(13)12-8-24-16(20-12)21-15(22)9-2-4-19-5-3-9/h2-8H,1H3,(H,20,21,22). The number of hydrogen-bond acceptors (Lipinski definition) is 5. The van der Waals surface area contributed by atoms with Gasteiger partial charge in [0.1, 0.15) is 11.6 Å². The predicted octanol–water partition coefficient (Wildman–Crippen LogP) is 4.26. The Balaban J connectivity index is 1.88. The predicted molar refractivity (Wildman–Crippen MR) is 91.3 cm³/mol. The first-order chi connectivity index (χ1) is 11.6. The number of carbonyl (C=O) groups excluding carboxylic acids is 1. The lowest BCUT2D eigenvalue weighted by atomic mass is 10.1. The maximum atomic E-state index is 13.4. The van der Waals surface area contributed by atoms with Crippen molar-refractivity contribution in [1.82, 2.24) is 9.97 Å². The number of anilines is 1. The molecule has 2 aromatic heterocycles. The molecular formula is C16H11ClFN3O2S. The molecule has 5 nitrogen and oxygen atoms in total. The molecule has 0 bridgehead atoms. The molecule has 1 aromatic carbocycles. The van der Waals surface area contributed by atoms with Gasteiger partial charge in [-0.15, -0.1) is 11.3 Å². The minimum absolute atomic E-state index is 0.184. The molecule has 1 amide bonds. The van der Waals surface area contributed by atoms with Crippen LogP contribution in [0.25, 0.3) is 11.3 Å². The summed E-state index contributed by atoms with van der Waals surface area (Å²) in [6.07, 6.45) is 3.07. The SMILES string of the molecule is COc1cc(F)cc(Cl)c1-c1csc(NC(=O)c2ccncc2)n1. The summed E-state index contributed by atoms with van der Waals surface area (Å²) in [6, 6.07) is 5.62. The van der Waals surface area contributed by atoms with Crippen LogP contribution in [0.1, 0.15) is 10.4 Å². The lowest BCUT2D eigenvalue weighted by molar-refractivity contribution is 0.102. The normalized spacial score (nSPS) is 10.5. The van der Waals surface area contributed by atoms with Gasteiger partial charge in [0.15, 0.2) is 5.13 Å². The van der Waals surface area contributed by atoms with Gasteiger partial charge in [-0.1, -0.05) is 11.6 Å². The summed E-state index contributed by atoms with van der Waals surface area (Å²) in [4.78, 5) is 20.3. The van der Waals surface area contributed by atoms with Gasteiger partial charge >= 0.3 is 0 Å². The van der Waals surface area contributed by atoms with E-state index >= 15 is 0 Å². The molecule has 122 valence electrons. The van der Waals surface area contributed by atoms with Crippen molar-refractivity contribution in [2.45, 2.75) is 0 Å². The van der Waals surface area contributed by atoms with Crippen molar-refractivity contribution < 1.29 is 13.9 Å². The minimum Gasteiger partial charge on any atom is -0.496 e. The van der Waals surface area contributed by atoms with E-state index in [4.69, 9.17) is 16.3 Å². The Morgan fingerprint density at radius 3 is 2.79 bits per heavy atom. The number of halogens is 2. The van der Waals surface area contributed by atoms with E-state index < -0.39 is 5.82 Å². The fourth-order valence-corrected chi connectivity index (χ4v) is 3.07. The lowest BCUT2D eigenvalue weighted by Crippen LogP contribution is -2.11. The molecule has 0 saturated heterocycles. The molecule has 0 unspecified atom stereocenters. The Bertz CT molecular complexity index is 886. The largest absolute Gasteiger partial charge is 0.496 e. The number of aromatic nitrogens is 2. The minimum atomic E-state index is -0.498. The smallest absolute Gasteiger partial charge is 0.257 e. The number of pyridine rings is 1. The third-order valence-electron chi connectivity index (χ3n) is 3.16. The first-order valence-corrected chi connectivity index (χ1v) is 8.04. The Morgan fingerprint density at radius 1 is 1.33 bits per heavy atom. The molecule has 0 aliphatic carbocycles. The highest BCUT2D eigenvalue weighted by Gasteiger charge is 2.17. The molecule has 2 heterocycles. The van der Waals surface area contributed by atoms with Crippen LogP contribution in [-0.2, 0) is 0 Å². The van der Waals surface area contributed by atoms with Crippen LogP contribution in [0, 0.1) is 5.82 Å². The van der Waals surface area contributed by atoms with Crippen molar-refractivity contribution in [3.63, 3.8) is 0 Å². The van der Waals surface area contributed by atoms with Gasteiger partial charge in [0, 0.05) is 29.4 Å². The monoisotopic (exact) mass is 363 g/mol. The molecule has 0 aliphatic heterocycles. The lowest BCUT2D eigenvalue weighted by Gasteiger charge is -2.08. The number of hydrogen-bond donors (Lipinski definition) is 1. The van der Waals surface area contributed by atoms with Crippen LogP contribution >= 0.6 is 22.9 Å². The van der Waals surface area contributed by atoms with E-state index in [1.54, 1.807) is 17.5 Å². The van der Waals surface area contributed by atoms with Gasteiger partial charge in [-0.2, -0.15) is 0 Å². The summed E-state index contributed by atoms with van der Waals surface area (Å²) in [7, 11) is 1.42. The fourth-order valence-electron chi connectivity index (χ4n) is 2.08. The molecule has 0 radical (unpaired) electrons. The summed E-state index contributed by atoms with van der Waals surface area (Å²) in [5.74, 6) is -0.519. The van der Waals surface area contributed by atoms with Crippen LogP contribution in [0.5, 0.6) is 5.75 Å². The number of nitrogens with zero attached hydrogens (tertiary/aromatic N) is 2. The first-order valence-electron chi connectivity index (χ1n) is 6.79. The average Bonchev–Trinajstić information content (AvgIpc) is 3.02. The van der Waals surface area contributed by atoms with E-state index in [0.717, 1.165) is 0 Å². The number of methoxy groups -OCH3 is 1. The molecule has 0 aliphatic rings. The summed E-state index contributed by atoms with van der Waals surface area (Å²) in [5.41, 5.74) is 1.44. The Morgan fingerprint density at radius 2 is 2.08 bits per heavy atom. The fraction of sp³-hybridized carbons (Fsp3) is 0.0625. The molecule has 0 atom stereocenters. The number of carbonyl (C=O) groups is 1. The van der Waals surface area contributed by atoms with Crippen LogP contribution in [0.2, 0.25) is 5.02 Å². The molecule has 1 N–H and O–H groups in total. The summed E-state index contributed by atoms with van der Waals surface area (Å²) in [6.45, 7) is 0. The number of nitrogens with one attached hydrogen (secondary N) is 1. The average molecular weight is 364 g/mol. The number of benzene rings is 1. The Hall–Kier alpha value is -2.51. The third kappa shape index (κ3) is 3.37. The van der Waals surface area contributed by atoms with Gasteiger partial charge in [0.05, 0.1) is 23.4 Å².